The summed E-state index contributed by atoms with van der Waals surface area (Å²) < 4.78 is 0. The van der Waals surface area contributed by atoms with E-state index in [0.29, 0.717) is 0 Å². The van der Waals surface area contributed by atoms with Gasteiger partial charge in [0.15, 0.2) is 0 Å². The van der Waals surface area contributed by atoms with Crippen molar-refractivity contribution in [2.24, 2.45) is 10.4 Å². The number of hydrogen-bond acceptors (Lipinski definition) is 5. The van der Waals surface area contributed by atoms with Crippen LogP contribution < -0.4 is 0 Å². The second-order valence-corrected chi connectivity index (χ2v) is 1.66. The van der Waals surface area contributed by atoms with Crippen molar-refractivity contribution < 1.29 is 9.90 Å². The maximum atomic E-state index is 10.1. The Balaban J connectivity index is 4.63. The van der Waals surface area contributed by atoms with E-state index in [2.05, 4.69) is 10.4 Å². The molecule has 0 unspecified atom stereocenters. The molecule has 6 nitrogen and oxygen atoms in total. The normalized spacial score (nSPS) is 10.5. The molecule has 0 rings (SSSR count). The van der Waals surface area contributed by atoms with Gasteiger partial charge < -0.3 is 5.11 Å². The third-order valence-corrected chi connectivity index (χ3v) is 1.14. The fraction of sp³-hybridized carbons (Fsp3) is 0.750. The Hall–Kier alpha value is -1.33. The SMILES string of the molecule is CCC(N=O)(N=O)C(=O)O. The lowest BCUT2D eigenvalue weighted by molar-refractivity contribution is -0.143. The van der Waals surface area contributed by atoms with Gasteiger partial charge in [-0.1, -0.05) is 6.92 Å². The Morgan fingerprint density at radius 1 is 1.50 bits per heavy atom. The van der Waals surface area contributed by atoms with Crippen LogP contribution in [0.25, 0.3) is 0 Å². The summed E-state index contributed by atoms with van der Waals surface area (Å²) in [6.45, 7) is 1.34. The van der Waals surface area contributed by atoms with E-state index in [1.807, 2.05) is 0 Å². The van der Waals surface area contributed by atoms with Gasteiger partial charge in [0, 0.05) is 6.42 Å². The fourth-order valence-electron chi connectivity index (χ4n) is 0.375. The lowest BCUT2D eigenvalue weighted by Crippen LogP contribution is -2.32. The van der Waals surface area contributed by atoms with Crippen molar-refractivity contribution >= 4 is 5.97 Å². The lowest BCUT2D eigenvalue weighted by Gasteiger charge is -2.07. The average Bonchev–Trinajstić information content (AvgIpc) is 1.92. The Morgan fingerprint density at radius 2 is 1.90 bits per heavy atom. The molecule has 6 heteroatoms. The molecular weight excluding hydrogens is 140 g/mol. The molecule has 0 aliphatic rings. The van der Waals surface area contributed by atoms with Crippen molar-refractivity contribution in [3.8, 4) is 0 Å². The molecule has 0 aliphatic heterocycles. The molecule has 0 bridgehead atoms. The smallest absolute Gasteiger partial charge is 0.361 e. The first-order chi connectivity index (χ1) is 4.63. The molecule has 56 valence electrons. The summed E-state index contributed by atoms with van der Waals surface area (Å²) in [6, 6.07) is 0. The Morgan fingerprint density at radius 3 is 1.90 bits per heavy atom. The Labute approximate surface area is 56.2 Å². The summed E-state index contributed by atoms with van der Waals surface area (Å²) in [5.74, 6) is -1.61. The van der Waals surface area contributed by atoms with Gasteiger partial charge in [-0.25, -0.2) is 4.79 Å². The third-order valence-electron chi connectivity index (χ3n) is 1.14. The van der Waals surface area contributed by atoms with Crippen molar-refractivity contribution in [3.63, 3.8) is 0 Å². The molecule has 1 N–H and O–H groups in total. The number of carboxylic acid groups (broad SMARTS) is 1. The molecule has 0 aromatic heterocycles. The Bertz CT molecular complexity index is 159. The van der Waals surface area contributed by atoms with Crippen LogP contribution >= 0.6 is 0 Å². The zero-order chi connectivity index (χ0) is 8.20. The van der Waals surface area contributed by atoms with Gasteiger partial charge in [0.25, 0.3) is 0 Å². The summed E-state index contributed by atoms with van der Waals surface area (Å²) in [4.78, 5) is 29.7. The van der Waals surface area contributed by atoms with Crippen LogP contribution in [0.1, 0.15) is 13.3 Å². The van der Waals surface area contributed by atoms with E-state index in [1.54, 1.807) is 0 Å². The maximum absolute atomic E-state index is 10.1. The lowest BCUT2D eigenvalue weighted by atomic mass is 10.1. The van der Waals surface area contributed by atoms with Crippen LogP contribution in [0.5, 0.6) is 0 Å². The zero-order valence-corrected chi connectivity index (χ0v) is 5.27. The van der Waals surface area contributed by atoms with Crippen LogP contribution in [0, 0.1) is 9.81 Å². The van der Waals surface area contributed by atoms with Gasteiger partial charge in [-0.3, -0.25) is 0 Å². The fourth-order valence-corrected chi connectivity index (χ4v) is 0.375. The van der Waals surface area contributed by atoms with E-state index in [0.717, 1.165) is 0 Å². The van der Waals surface area contributed by atoms with Gasteiger partial charge in [0.05, 0.1) is 0 Å². The maximum Gasteiger partial charge on any atom is 0.361 e. The molecule has 0 amide bonds. The molecule has 0 aliphatic carbocycles. The molecule has 0 radical (unpaired) electrons. The Kier molecular flexibility index (Phi) is 2.60. The summed E-state index contributed by atoms with van der Waals surface area (Å²) >= 11 is 0. The quantitative estimate of drug-likeness (QED) is 0.590. The van der Waals surface area contributed by atoms with Crippen molar-refractivity contribution in [1.82, 2.24) is 0 Å². The van der Waals surface area contributed by atoms with Crippen LogP contribution in [0.2, 0.25) is 0 Å². The number of carboxylic acids is 1. The number of nitrogens with zero attached hydrogens (tertiary/aromatic N) is 2. The number of nitroso groups, excluding NO2 is 2. The molecule has 0 fully saturated rings. The summed E-state index contributed by atoms with van der Waals surface area (Å²) in [6.07, 6.45) is -0.227. The molecule has 0 saturated carbocycles. The molecule has 0 saturated heterocycles. The van der Waals surface area contributed by atoms with E-state index >= 15 is 0 Å². The van der Waals surface area contributed by atoms with Crippen LogP contribution in [0.3, 0.4) is 0 Å². The predicted octanol–water partition coefficient (Wildman–Crippen LogP) is 0.710. The number of carbonyl (C=O) groups is 1. The first kappa shape index (κ1) is 8.67. The van der Waals surface area contributed by atoms with Crippen molar-refractivity contribution in [3.05, 3.63) is 9.81 Å². The van der Waals surface area contributed by atoms with E-state index in [1.165, 1.54) is 6.92 Å². The molecule has 0 heterocycles. The van der Waals surface area contributed by atoms with E-state index < -0.39 is 11.6 Å². The number of aliphatic carboxylic acids is 1. The highest BCUT2D eigenvalue weighted by molar-refractivity contribution is 5.78. The van der Waals surface area contributed by atoms with E-state index in [9.17, 15) is 14.6 Å². The van der Waals surface area contributed by atoms with Crippen molar-refractivity contribution in [2.75, 3.05) is 0 Å². The summed E-state index contributed by atoms with van der Waals surface area (Å²) in [5, 5.41) is 12.5. The van der Waals surface area contributed by atoms with Gasteiger partial charge in [0.1, 0.15) is 0 Å². The second kappa shape index (κ2) is 3.00. The second-order valence-electron chi connectivity index (χ2n) is 1.66. The monoisotopic (exact) mass is 146 g/mol. The number of hydrogen-bond donors (Lipinski definition) is 1. The molecule has 0 aromatic carbocycles. The van der Waals surface area contributed by atoms with Crippen molar-refractivity contribution in [1.29, 1.82) is 0 Å². The van der Waals surface area contributed by atoms with Crippen LogP contribution in [0.15, 0.2) is 10.4 Å². The first-order valence-electron chi connectivity index (χ1n) is 2.55. The zero-order valence-electron chi connectivity index (χ0n) is 5.27. The number of rotatable bonds is 4. The van der Waals surface area contributed by atoms with Gasteiger partial charge in [-0.05, 0) is 10.4 Å². The van der Waals surface area contributed by atoms with Gasteiger partial charge in [-0.2, -0.15) is 0 Å². The molecule has 0 spiro atoms. The van der Waals surface area contributed by atoms with Crippen LogP contribution in [-0.4, -0.2) is 16.7 Å². The van der Waals surface area contributed by atoms with Gasteiger partial charge in [0.2, 0.25) is 0 Å². The largest absolute Gasteiger partial charge is 0.478 e. The highest BCUT2D eigenvalue weighted by Crippen LogP contribution is 2.16. The summed E-state index contributed by atoms with van der Waals surface area (Å²) in [5.41, 5.74) is -2.32. The average molecular weight is 146 g/mol. The highest BCUT2D eigenvalue weighted by Gasteiger charge is 2.40. The topological polar surface area (TPSA) is 96.2 Å². The predicted molar refractivity (Wildman–Crippen MR) is 32.2 cm³/mol. The first-order valence-corrected chi connectivity index (χ1v) is 2.55. The van der Waals surface area contributed by atoms with Crippen LogP contribution in [0.4, 0.5) is 0 Å². The minimum atomic E-state index is -2.32. The van der Waals surface area contributed by atoms with E-state index in [4.69, 9.17) is 5.11 Å². The molecule has 10 heavy (non-hydrogen) atoms. The summed E-state index contributed by atoms with van der Waals surface area (Å²) in [7, 11) is 0. The van der Waals surface area contributed by atoms with Crippen LogP contribution in [-0.2, 0) is 4.79 Å². The minimum Gasteiger partial charge on any atom is -0.478 e. The van der Waals surface area contributed by atoms with Crippen molar-refractivity contribution in [2.45, 2.75) is 19.0 Å². The molecular formula is C4H6N2O4. The molecule has 0 aromatic rings. The molecule has 0 atom stereocenters. The minimum absolute atomic E-state index is 0.227. The van der Waals surface area contributed by atoms with Gasteiger partial charge >= 0.3 is 11.6 Å². The highest BCUT2D eigenvalue weighted by atomic mass is 16.4. The standard InChI is InChI=1S/C4H6N2O4/c1-2-4(5-9,6-10)3(7)8/h2H2,1H3,(H,7,8). The van der Waals surface area contributed by atoms with Gasteiger partial charge in [-0.15, -0.1) is 9.81 Å². The third kappa shape index (κ3) is 1.15. The van der Waals surface area contributed by atoms with E-state index in [-0.39, 0.29) is 6.42 Å².